The lowest BCUT2D eigenvalue weighted by Gasteiger charge is -2.32. The number of carbonyl (C=O) groups excluding carboxylic acids is 1. The van der Waals surface area contributed by atoms with Crippen LogP contribution in [0.4, 0.5) is 0 Å². The van der Waals surface area contributed by atoms with Crippen molar-refractivity contribution in [2.24, 2.45) is 11.7 Å². The van der Waals surface area contributed by atoms with E-state index in [1.54, 1.807) is 6.20 Å². The van der Waals surface area contributed by atoms with E-state index in [-0.39, 0.29) is 5.91 Å². The van der Waals surface area contributed by atoms with Crippen LogP contribution in [0.2, 0.25) is 0 Å². The molecule has 120 valence electrons. The SMILES string of the molecule is NC(=O)C[C@@H]1CCCN(Cc2cccc(-c3cccnc3)c2)C1. The van der Waals surface area contributed by atoms with Gasteiger partial charge in [0.25, 0.3) is 0 Å². The van der Waals surface area contributed by atoms with Crippen LogP contribution in [0, 0.1) is 5.92 Å². The fourth-order valence-electron chi connectivity index (χ4n) is 3.39. The molecule has 1 saturated heterocycles. The van der Waals surface area contributed by atoms with Crippen molar-refractivity contribution in [1.82, 2.24) is 9.88 Å². The molecule has 1 fully saturated rings. The summed E-state index contributed by atoms with van der Waals surface area (Å²) >= 11 is 0. The van der Waals surface area contributed by atoms with E-state index in [0.29, 0.717) is 12.3 Å². The lowest BCUT2D eigenvalue weighted by Crippen LogP contribution is -2.36. The molecule has 1 amide bonds. The van der Waals surface area contributed by atoms with Crippen LogP contribution in [0.3, 0.4) is 0 Å². The molecule has 0 aliphatic carbocycles. The number of primary amides is 1. The molecule has 0 radical (unpaired) electrons. The standard InChI is InChI=1S/C19H23N3O/c20-19(23)11-16-5-3-9-22(14-16)13-15-4-1-6-17(10-15)18-7-2-8-21-12-18/h1-2,4,6-8,10,12,16H,3,5,9,11,13-14H2,(H2,20,23)/t16-/m0/s1. The molecule has 0 bridgehead atoms. The Balaban J connectivity index is 1.67. The van der Waals surface area contributed by atoms with Crippen molar-refractivity contribution >= 4 is 5.91 Å². The maximum Gasteiger partial charge on any atom is 0.217 e. The highest BCUT2D eigenvalue weighted by Crippen LogP contribution is 2.23. The zero-order valence-electron chi connectivity index (χ0n) is 13.3. The van der Waals surface area contributed by atoms with Gasteiger partial charge in [0, 0.05) is 31.9 Å². The smallest absolute Gasteiger partial charge is 0.217 e. The Morgan fingerprint density at radius 2 is 2.13 bits per heavy atom. The van der Waals surface area contributed by atoms with Crippen LogP contribution < -0.4 is 5.73 Å². The Bertz CT molecular complexity index is 657. The van der Waals surface area contributed by atoms with Gasteiger partial charge in [0.2, 0.25) is 5.91 Å². The Hall–Kier alpha value is -2.20. The number of nitrogens with two attached hydrogens (primary N) is 1. The summed E-state index contributed by atoms with van der Waals surface area (Å²) in [5.74, 6) is 0.221. The van der Waals surface area contributed by atoms with Gasteiger partial charge >= 0.3 is 0 Å². The van der Waals surface area contributed by atoms with Crippen LogP contribution in [0.15, 0.2) is 48.8 Å². The second-order valence-electron chi connectivity index (χ2n) is 6.36. The molecule has 2 aromatic rings. The Labute approximate surface area is 137 Å². The molecule has 0 saturated carbocycles. The number of pyridine rings is 1. The highest BCUT2D eigenvalue weighted by atomic mass is 16.1. The summed E-state index contributed by atoms with van der Waals surface area (Å²) in [6.07, 6.45) is 6.44. The van der Waals surface area contributed by atoms with Gasteiger partial charge < -0.3 is 5.73 Å². The lowest BCUT2D eigenvalue weighted by atomic mass is 9.94. The van der Waals surface area contributed by atoms with Gasteiger partial charge in [0.1, 0.15) is 0 Å². The first-order chi connectivity index (χ1) is 11.2. The van der Waals surface area contributed by atoms with E-state index in [1.807, 2.05) is 12.3 Å². The number of amides is 1. The molecule has 2 heterocycles. The molecule has 1 aromatic carbocycles. The summed E-state index contributed by atoms with van der Waals surface area (Å²) in [5, 5.41) is 0. The second kappa shape index (κ2) is 7.38. The first-order valence-corrected chi connectivity index (χ1v) is 8.21. The largest absolute Gasteiger partial charge is 0.370 e. The highest BCUT2D eigenvalue weighted by molar-refractivity contribution is 5.74. The van der Waals surface area contributed by atoms with Crippen molar-refractivity contribution in [3.63, 3.8) is 0 Å². The fourth-order valence-corrected chi connectivity index (χ4v) is 3.39. The molecule has 4 nitrogen and oxygen atoms in total. The van der Waals surface area contributed by atoms with E-state index < -0.39 is 0 Å². The van der Waals surface area contributed by atoms with Crippen LogP contribution >= 0.6 is 0 Å². The summed E-state index contributed by atoms with van der Waals surface area (Å²) in [6, 6.07) is 12.7. The van der Waals surface area contributed by atoms with Crippen molar-refractivity contribution in [3.8, 4) is 11.1 Å². The molecular weight excluding hydrogens is 286 g/mol. The van der Waals surface area contributed by atoms with E-state index in [4.69, 9.17) is 5.73 Å². The third-order valence-corrected chi connectivity index (χ3v) is 4.42. The van der Waals surface area contributed by atoms with Crippen molar-refractivity contribution < 1.29 is 4.79 Å². The molecular formula is C19H23N3O. The summed E-state index contributed by atoms with van der Waals surface area (Å²) in [7, 11) is 0. The van der Waals surface area contributed by atoms with Crippen molar-refractivity contribution in [2.75, 3.05) is 13.1 Å². The highest BCUT2D eigenvalue weighted by Gasteiger charge is 2.21. The molecule has 1 aromatic heterocycles. The van der Waals surface area contributed by atoms with Crippen LogP contribution in [0.1, 0.15) is 24.8 Å². The molecule has 0 unspecified atom stereocenters. The zero-order valence-corrected chi connectivity index (χ0v) is 13.3. The van der Waals surface area contributed by atoms with E-state index in [9.17, 15) is 4.79 Å². The monoisotopic (exact) mass is 309 g/mol. The van der Waals surface area contributed by atoms with Gasteiger partial charge in [-0.3, -0.25) is 14.7 Å². The first-order valence-electron chi connectivity index (χ1n) is 8.21. The van der Waals surface area contributed by atoms with Gasteiger partial charge in [0.05, 0.1) is 0 Å². The third kappa shape index (κ3) is 4.39. The van der Waals surface area contributed by atoms with Crippen LogP contribution in [0.25, 0.3) is 11.1 Å². The summed E-state index contributed by atoms with van der Waals surface area (Å²) in [5.41, 5.74) is 8.97. The molecule has 1 atom stereocenters. The van der Waals surface area contributed by atoms with Gasteiger partial charge in [-0.15, -0.1) is 0 Å². The van der Waals surface area contributed by atoms with Gasteiger partial charge in [0.15, 0.2) is 0 Å². The average molecular weight is 309 g/mol. The topological polar surface area (TPSA) is 59.2 Å². The van der Waals surface area contributed by atoms with Crippen molar-refractivity contribution in [1.29, 1.82) is 0 Å². The summed E-state index contributed by atoms with van der Waals surface area (Å²) in [6.45, 7) is 2.97. The average Bonchev–Trinajstić information content (AvgIpc) is 2.56. The number of rotatable bonds is 5. The second-order valence-corrected chi connectivity index (χ2v) is 6.36. The van der Waals surface area contributed by atoms with E-state index in [1.165, 1.54) is 11.1 Å². The van der Waals surface area contributed by atoms with Crippen LogP contribution in [-0.4, -0.2) is 28.9 Å². The normalized spacial score (nSPS) is 18.7. The number of carbonyl (C=O) groups is 1. The van der Waals surface area contributed by atoms with E-state index >= 15 is 0 Å². The minimum Gasteiger partial charge on any atom is -0.370 e. The molecule has 4 heteroatoms. The number of aromatic nitrogens is 1. The molecule has 1 aliphatic rings. The Kier molecular flexibility index (Phi) is 5.03. The quantitative estimate of drug-likeness (QED) is 0.924. The predicted octanol–water partition coefficient (Wildman–Crippen LogP) is 2.84. The van der Waals surface area contributed by atoms with Crippen LogP contribution in [0.5, 0.6) is 0 Å². The molecule has 2 N–H and O–H groups in total. The predicted molar refractivity (Wildman–Crippen MR) is 91.5 cm³/mol. The first kappa shape index (κ1) is 15.7. The van der Waals surface area contributed by atoms with Gasteiger partial charge in [-0.05, 0) is 54.1 Å². The Morgan fingerprint density at radius 3 is 2.91 bits per heavy atom. The zero-order chi connectivity index (χ0) is 16.1. The lowest BCUT2D eigenvalue weighted by molar-refractivity contribution is -0.119. The van der Waals surface area contributed by atoms with Crippen molar-refractivity contribution in [2.45, 2.75) is 25.8 Å². The van der Waals surface area contributed by atoms with E-state index in [0.717, 1.165) is 38.0 Å². The number of nitrogens with zero attached hydrogens (tertiary/aromatic N) is 2. The molecule has 0 spiro atoms. The molecule has 23 heavy (non-hydrogen) atoms. The number of piperidine rings is 1. The molecule has 1 aliphatic heterocycles. The van der Waals surface area contributed by atoms with Gasteiger partial charge in [-0.2, -0.15) is 0 Å². The fraction of sp³-hybridized carbons (Fsp3) is 0.368. The third-order valence-electron chi connectivity index (χ3n) is 4.42. The number of hydrogen-bond donors (Lipinski definition) is 1. The number of likely N-dealkylation sites (tertiary alicyclic amines) is 1. The van der Waals surface area contributed by atoms with Crippen LogP contribution in [-0.2, 0) is 11.3 Å². The minimum atomic E-state index is -0.185. The van der Waals surface area contributed by atoms with Gasteiger partial charge in [-0.1, -0.05) is 24.3 Å². The summed E-state index contributed by atoms with van der Waals surface area (Å²) in [4.78, 5) is 17.8. The van der Waals surface area contributed by atoms with Gasteiger partial charge in [-0.25, -0.2) is 0 Å². The van der Waals surface area contributed by atoms with Crippen molar-refractivity contribution in [3.05, 3.63) is 54.4 Å². The maximum atomic E-state index is 11.1. The Morgan fingerprint density at radius 1 is 1.26 bits per heavy atom. The van der Waals surface area contributed by atoms with E-state index in [2.05, 4.69) is 40.2 Å². The summed E-state index contributed by atoms with van der Waals surface area (Å²) < 4.78 is 0. The minimum absolute atomic E-state index is 0.185. The number of hydrogen-bond acceptors (Lipinski definition) is 3. The maximum absolute atomic E-state index is 11.1. The number of benzene rings is 1. The molecule has 3 rings (SSSR count).